The Bertz CT molecular complexity index is 1220. The lowest BCUT2D eigenvalue weighted by Crippen LogP contribution is -2.30. The number of carboxylic acid groups (broad SMARTS) is 1. The van der Waals surface area contributed by atoms with Gasteiger partial charge in [0, 0.05) is 30.1 Å². The molecule has 0 saturated heterocycles. The van der Waals surface area contributed by atoms with Crippen LogP contribution in [0.5, 0.6) is 0 Å². The van der Waals surface area contributed by atoms with Crippen LogP contribution >= 0.6 is 0 Å². The molecule has 0 radical (unpaired) electrons. The van der Waals surface area contributed by atoms with Crippen molar-refractivity contribution in [2.75, 3.05) is 5.32 Å². The van der Waals surface area contributed by atoms with Gasteiger partial charge in [0.2, 0.25) is 6.10 Å². The fourth-order valence-electron chi connectivity index (χ4n) is 3.77. The summed E-state index contributed by atoms with van der Waals surface area (Å²) in [4.78, 5) is 33.5. The molecular weight excluding hydrogens is 420 g/mol. The van der Waals surface area contributed by atoms with Crippen LogP contribution in [0, 0.1) is 11.3 Å². The number of amides is 1. The third-order valence-corrected chi connectivity index (χ3v) is 5.48. The van der Waals surface area contributed by atoms with Gasteiger partial charge in [-0.2, -0.15) is 5.26 Å². The van der Waals surface area contributed by atoms with Crippen molar-refractivity contribution in [3.63, 3.8) is 0 Å². The van der Waals surface area contributed by atoms with Crippen LogP contribution in [-0.2, 0) is 19.8 Å². The highest BCUT2D eigenvalue weighted by Gasteiger charge is 2.37. The molecule has 2 unspecified atom stereocenters. The minimum absolute atomic E-state index is 0.319. The summed E-state index contributed by atoms with van der Waals surface area (Å²) in [6, 6.07) is 21.2. The minimum atomic E-state index is -1.35. The predicted octanol–water partition coefficient (Wildman–Crippen LogP) is 3.50. The van der Waals surface area contributed by atoms with Crippen molar-refractivity contribution in [2.24, 2.45) is 5.16 Å². The maximum Gasteiger partial charge on any atom is 0.305 e. The molecule has 2 atom stereocenters. The van der Waals surface area contributed by atoms with E-state index in [-0.39, 0.29) is 12.3 Å². The lowest BCUT2D eigenvalue weighted by molar-refractivity contribution is -0.137. The molecule has 1 aromatic heterocycles. The third-order valence-electron chi connectivity index (χ3n) is 5.48. The van der Waals surface area contributed by atoms with Gasteiger partial charge in [-0.15, -0.1) is 0 Å². The van der Waals surface area contributed by atoms with Crippen LogP contribution in [0.15, 0.2) is 84.3 Å². The number of nitriles is 1. The van der Waals surface area contributed by atoms with Gasteiger partial charge in [-0.3, -0.25) is 14.6 Å². The summed E-state index contributed by atoms with van der Waals surface area (Å²) in [5.41, 5.74) is 1.70. The molecule has 2 aromatic carbocycles. The molecule has 0 saturated carbocycles. The first-order valence-electron chi connectivity index (χ1n) is 10.2. The van der Waals surface area contributed by atoms with E-state index in [4.69, 9.17) is 4.84 Å². The maximum atomic E-state index is 12.6. The monoisotopic (exact) mass is 440 g/mol. The second kappa shape index (κ2) is 9.32. The van der Waals surface area contributed by atoms with E-state index in [1.165, 1.54) is 0 Å². The lowest BCUT2D eigenvalue weighted by atomic mass is 9.73. The number of rotatable bonds is 7. The normalized spacial score (nSPS) is 16.6. The Morgan fingerprint density at radius 1 is 1.09 bits per heavy atom. The molecule has 1 amide bonds. The number of anilines is 1. The number of benzene rings is 2. The van der Waals surface area contributed by atoms with E-state index in [0.717, 1.165) is 5.56 Å². The molecule has 0 aliphatic carbocycles. The quantitative estimate of drug-likeness (QED) is 0.579. The van der Waals surface area contributed by atoms with E-state index < -0.39 is 17.5 Å². The molecule has 1 aliphatic heterocycles. The molecule has 4 rings (SSSR count). The van der Waals surface area contributed by atoms with Gasteiger partial charge in [0.25, 0.3) is 5.91 Å². The summed E-state index contributed by atoms with van der Waals surface area (Å²) in [6.45, 7) is 0. The summed E-state index contributed by atoms with van der Waals surface area (Å²) in [5.74, 6) is -1.44. The van der Waals surface area contributed by atoms with Crippen molar-refractivity contribution in [2.45, 2.75) is 24.4 Å². The first kappa shape index (κ1) is 21.7. The molecule has 0 fully saturated rings. The topological polar surface area (TPSA) is 125 Å². The predicted molar refractivity (Wildman–Crippen MR) is 120 cm³/mol. The van der Waals surface area contributed by atoms with E-state index >= 15 is 0 Å². The maximum absolute atomic E-state index is 12.6. The van der Waals surface area contributed by atoms with E-state index in [1.54, 1.807) is 73.1 Å². The third kappa shape index (κ3) is 4.57. The number of nitrogens with one attached hydrogen (secondary N) is 1. The Morgan fingerprint density at radius 2 is 1.82 bits per heavy atom. The molecule has 0 spiro atoms. The Hall–Kier alpha value is -4.51. The van der Waals surface area contributed by atoms with Gasteiger partial charge in [-0.05, 0) is 35.4 Å². The molecule has 164 valence electrons. The summed E-state index contributed by atoms with van der Waals surface area (Å²) in [7, 11) is 0. The van der Waals surface area contributed by atoms with Crippen molar-refractivity contribution in [1.29, 1.82) is 5.26 Å². The lowest BCUT2D eigenvalue weighted by Gasteiger charge is -2.26. The highest BCUT2D eigenvalue weighted by molar-refractivity contribution is 6.05. The first-order valence-corrected chi connectivity index (χ1v) is 10.2. The van der Waals surface area contributed by atoms with Gasteiger partial charge >= 0.3 is 5.97 Å². The van der Waals surface area contributed by atoms with Gasteiger partial charge in [0.1, 0.15) is 5.41 Å². The molecule has 8 nitrogen and oxygen atoms in total. The Kier molecular flexibility index (Phi) is 6.13. The fourth-order valence-corrected chi connectivity index (χ4v) is 3.77. The van der Waals surface area contributed by atoms with Crippen LogP contribution in [0.3, 0.4) is 0 Å². The highest BCUT2D eigenvalue weighted by atomic mass is 16.6. The van der Waals surface area contributed by atoms with Gasteiger partial charge in [0.15, 0.2) is 0 Å². The number of carbonyl (C=O) groups is 2. The minimum Gasteiger partial charge on any atom is -0.481 e. The SMILES string of the molecule is N#CC(CC(=O)O)(c1ccccc1)c1ccc(NC(=O)C2CC(c3cccnc3)=NO2)cc1. The van der Waals surface area contributed by atoms with E-state index in [1.807, 2.05) is 6.07 Å². The molecule has 2 N–H and O–H groups in total. The highest BCUT2D eigenvalue weighted by Crippen LogP contribution is 2.36. The van der Waals surface area contributed by atoms with E-state index in [2.05, 4.69) is 21.5 Å². The van der Waals surface area contributed by atoms with Crippen LogP contribution in [0.2, 0.25) is 0 Å². The number of nitrogens with zero attached hydrogens (tertiary/aromatic N) is 3. The number of aromatic nitrogens is 1. The van der Waals surface area contributed by atoms with Gasteiger partial charge in [-0.1, -0.05) is 47.6 Å². The van der Waals surface area contributed by atoms with E-state index in [9.17, 15) is 20.0 Å². The smallest absolute Gasteiger partial charge is 0.305 e. The summed E-state index contributed by atoms with van der Waals surface area (Å²) >= 11 is 0. The second-order valence-corrected chi connectivity index (χ2v) is 7.60. The van der Waals surface area contributed by atoms with Crippen LogP contribution in [0.4, 0.5) is 5.69 Å². The number of hydrogen-bond donors (Lipinski definition) is 2. The second-order valence-electron chi connectivity index (χ2n) is 7.60. The Labute approximate surface area is 190 Å². The molecule has 1 aliphatic rings. The summed E-state index contributed by atoms with van der Waals surface area (Å²) in [6.07, 6.45) is 2.48. The molecule has 0 bridgehead atoms. The van der Waals surface area contributed by atoms with Crippen LogP contribution in [0.1, 0.15) is 29.5 Å². The molecule has 3 aromatic rings. The zero-order chi connectivity index (χ0) is 23.3. The first-order chi connectivity index (χ1) is 16.0. The zero-order valence-corrected chi connectivity index (χ0v) is 17.5. The summed E-state index contributed by atoms with van der Waals surface area (Å²) < 4.78 is 0. The standard InChI is InChI=1S/C25H20N4O4/c26-16-25(14-23(30)31,18-6-2-1-3-7-18)19-8-10-20(11-9-19)28-24(32)22-13-21(29-33-22)17-5-4-12-27-15-17/h1-12,15,22H,13-14H2,(H,28,32)(H,30,31). The molecular formula is C25H20N4O4. The van der Waals surface area contributed by atoms with Gasteiger partial charge < -0.3 is 15.3 Å². The number of hydrogen-bond acceptors (Lipinski definition) is 6. The van der Waals surface area contributed by atoms with Crippen molar-refractivity contribution in [1.82, 2.24) is 4.98 Å². The number of aliphatic carboxylic acids is 1. The Morgan fingerprint density at radius 3 is 2.45 bits per heavy atom. The molecule has 2 heterocycles. The largest absolute Gasteiger partial charge is 0.481 e. The van der Waals surface area contributed by atoms with Crippen molar-refractivity contribution in [3.05, 3.63) is 95.8 Å². The van der Waals surface area contributed by atoms with Crippen molar-refractivity contribution >= 4 is 23.3 Å². The average Bonchev–Trinajstić information content (AvgIpc) is 3.35. The fraction of sp³-hybridized carbons (Fsp3) is 0.160. The number of carbonyl (C=O) groups excluding carboxylic acids is 1. The van der Waals surface area contributed by atoms with Gasteiger partial charge in [-0.25, -0.2) is 0 Å². The number of carboxylic acids is 1. The van der Waals surface area contributed by atoms with Crippen LogP contribution in [0.25, 0.3) is 0 Å². The average molecular weight is 440 g/mol. The van der Waals surface area contributed by atoms with Crippen molar-refractivity contribution in [3.8, 4) is 6.07 Å². The Balaban J connectivity index is 1.49. The van der Waals surface area contributed by atoms with Crippen LogP contribution in [-0.4, -0.2) is 33.8 Å². The van der Waals surface area contributed by atoms with Crippen LogP contribution < -0.4 is 5.32 Å². The number of pyridine rings is 1. The van der Waals surface area contributed by atoms with Gasteiger partial charge in [0.05, 0.1) is 18.2 Å². The van der Waals surface area contributed by atoms with E-state index in [0.29, 0.717) is 28.9 Å². The summed E-state index contributed by atoms with van der Waals surface area (Å²) in [5, 5.41) is 26.2. The molecule has 33 heavy (non-hydrogen) atoms. The number of oxime groups is 1. The molecule has 8 heteroatoms. The van der Waals surface area contributed by atoms with Crippen molar-refractivity contribution < 1.29 is 19.5 Å². The zero-order valence-electron chi connectivity index (χ0n) is 17.5.